The number of anilines is 1. The molecular weight excluding hydrogens is 232 g/mol. The Hall–Kier alpha value is -0.680. The molecule has 0 amide bonds. The van der Waals surface area contributed by atoms with Gasteiger partial charge in [0.25, 0.3) is 0 Å². The first-order valence-corrected chi connectivity index (χ1v) is 7.19. The smallest absolute Gasteiger partial charge is 0.204 e. The van der Waals surface area contributed by atoms with Crippen LogP contribution in [0.4, 0.5) is 5.13 Å². The largest absolute Gasteiger partial charge is 0.349 e. The normalized spacial score (nSPS) is 15.5. The van der Waals surface area contributed by atoms with Gasteiger partial charge >= 0.3 is 0 Å². The van der Waals surface area contributed by atoms with Crippen LogP contribution in [0.2, 0.25) is 0 Å². The standard InChI is InChI=1S/C12H22N4S/c1-9(2)8-13-6-7-16(3)12-14-11(15-17-12)10-4-5-10/h9-10,13H,4-8H2,1-3H3. The lowest BCUT2D eigenvalue weighted by molar-refractivity contribution is 0.554. The van der Waals surface area contributed by atoms with E-state index in [4.69, 9.17) is 0 Å². The predicted octanol–water partition coefficient (Wildman–Crippen LogP) is 2.10. The zero-order valence-corrected chi connectivity index (χ0v) is 11.8. The van der Waals surface area contributed by atoms with E-state index < -0.39 is 0 Å². The van der Waals surface area contributed by atoms with Gasteiger partial charge in [-0.3, -0.25) is 0 Å². The third-order valence-electron chi connectivity index (χ3n) is 2.88. The molecule has 1 N–H and O–H groups in total. The van der Waals surface area contributed by atoms with E-state index in [1.165, 1.54) is 24.4 Å². The first-order valence-electron chi connectivity index (χ1n) is 6.42. The molecule has 1 fully saturated rings. The topological polar surface area (TPSA) is 41.0 Å². The molecule has 0 aromatic carbocycles. The molecule has 0 atom stereocenters. The summed E-state index contributed by atoms with van der Waals surface area (Å²) in [6.45, 7) is 7.53. The van der Waals surface area contributed by atoms with Crippen LogP contribution in [0.1, 0.15) is 38.4 Å². The van der Waals surface area contributed by atoms with Gasteiger partial charge in [-0.15, -0.1) is 0 Å². The first-order chi connectivity index (χ1) is 8.16. The van der Waals surface area contributed by atoms with Gasteiger partial charge in [0.15, 0.2) is 0 Å². The van der Waals surface area contributed by atoms with E-state index in [1.54, 1.807) is 0 Å². The maximum Gasteiger partial charge on any atom is 0.204 e. The van der Waals surface area contributed by atoms with Gasteiger partial charge in [-0.25, -0.2) is 4.98 Å². The fourth-order valence-corrected chi connectivity index (χ4v) is 2.35. The molecule has 0 unspecified atom stereocenters. The van der Waals surface area contributed by atoms with Gasteiger partial charge in [-0.1, -0.05) is 13.8 Å². The summed E-state index contributed by atoms with van der Waals surface area (Å²) in [5, 5.41) is 4.50. The summed E-state index contributed by atoms with van der Waals surface area (Å²) in [5.41, 5.74) is 0. The van der Waals surface area contributed by atoms with Crippen LogP contribution in [0, 0.1) is 5.92 Å². The molecule has 96 valence electrons. The molecule has 2 rings (SSSR count). The van der Waals surface area contributed by atoms with Gasteiger partial charge < -0.3 is 10.2 Å². The van der Waals surface area contributed by atoms with E-state index >= 15 is 0 Å². The zero-order chi connectivity index (χ0) is 12.3. The Labute approximate surface area is 108 Å². The molecule has 1 aliphatic carbocycles. The van der Waals surface area contributed by atoms with Crippen molar-refractivity contribution in [1.82, 2.24) is 14.7 Å². The van der Waals surface area contributed by atoms with Crippen molar-refractivity contribution in [3.8, 4) is 0 Å². The van der Waals surface area contributed by atoms with Crippen LogP contribution in [0.3, 0.4) is 0 Å². The van der Waals surface area contributed by atoms with Crippen molar-refractivity contribution in [2.24, 2.45) is 5.92 Å². The molecular formula is C12H22N4S. The van der Waals surface area contributed by atoms with Crippen LogP contribution in [0.25, 0.3) is 0 Å². The fraction of sp³-hybridized carbons (Fsp3) is 0.833. The van der Waals surface area contributed by atoms with Crippen LogP contribution in [-0.4, -0.2) is 36.0 Å². The molecule has 1 aliphatic rings. The molecule has 1 heterocycles. The summed E-state index contributed by atoms with van der Waals surface area (Å²) >= 11 is 1.53. The number of aromatic nitrogens is 2. The number of hydrogen-bond donors (Lipinski definition) is 1. The monoisotopic (exact) mass is 254 g/mol. The molecule has 5 heteroatoms. The highest BCUT2D eigenvalue weighted by Crippen LogP contribution is 2.39. The highest BCUT2D eigenvalue weighted by Gasteiger charge is 2.28. The number of nitrogens with zero attached hydrogens (tertiary/aromatic N) is 3. The molecule has 0 aliphatic heterocycles. The molecule has 0 radical (unpaired) electrons. The molecule has 4 nitrogen and oxygen atoms in total. The fourth-order valence-electron chi connectivity index (χ4n) is 1.62. The first kappa shape index (κ1) is 12.8. The lowest BCUT2D eigenvalue weighted by Gasteiger charge is -2.15. The Kier molecular flexibility index (Phi) is 4.34. The van der Waals surface area contributed by atoms with Crippen molar-refractivity contribution in [3.05, 3.63) is 5.82 Å². The second-order valence-corrected chi connectivity index (χ2v) is 5.96. The van der Waals surface area contributed by atoms with E-state index in [0.717, 1.165) is 30.6 Å². The van der Waals surface area contributed by atoms with E-state index in [0.29, 0.717) is 11.8 Å². The van der Waals surface area contributed by atoms with Gasteiger partial charge in [0.1, 0.15) is 5.82 Å². The molecule has 1 aromatic rings. The van der Waals surface area contributed by atoms with E-state index in [2.05, 4.69) is 40.5 Å². The Balaban J connectivity index is 1.72. The molecule has 1 saturated carbocycles. The minimum absolute atomic E-state index is 0.660. The Bertz CT molecular complexity index is 346. The molecule has 0 bridgehead atoms. The maximum atomic E-state index is 4.59. The molecule has 17 heavy (non-hydrogen) atoms. The summed E-state index contributed by atoms with van der Waals surface area (Å²) in [6, 6.07) is 0. The second kappa shape index (κ2) is 5.78. The van der Waals surface area contributed by atoms with Crippen molar-refractivity contribution in [3.63, 3.8) is 0 Å². The van der Waals surface area contributed by atoms with Crippen molar-refractivity contribution in [2.45, 2.75) is 32.6 Å². The third kappa shape index (κ3) is 3.92. The average Bonchev–Trinajstić information content (AvgIpc) is 3.02. The minimum Gasteiger partial charge on any atom is -0.349 e. The quantitative estimate of drug-likeness (QED) is 0.757. The molecule has 0 saturated heterocycles. The number of nitrogens with one attached hydrogen (secondary N) is 1. The van der Waals surface area contributed by atoms with Crippen molar-refractivity contribution >= 4 is 16.7 Å². The van der Waals surface area contributed by atoms with E-state index in [-0.39, 0.29) is 0 Å². The van der Waals surface area contributed by atoms with Crippen LogP contribution < -0.4 is 10.2 Å². The third-order valence-corrected chi connectivity index (χ3v) is 3.72. The van der Waals surface area contributed by atoms with Gasteiger partial charge in [0.2, 0.25) is 5.13 Å². The Morgan fingerprint density at radius 2 is 2.24 bits per heavy atom. The minimum atomic E-state index is 0.660. The number of rotatable bonds is 7. The van der Waals surface area contributed by atoms with Crippen LogP contribution in [0.15, 0.2) is 0 Å². The molecule has 1 aromatic heterocycles. The second-order valence-electron chi connectivity index (χ2n) is 5.23. The lowest BCUT2D eigenvalue weighted by Crippen LogP contribution is -2.31. The van der Waals surface area contributed by atoms with Crippen molar-refractivity contribution in [2.75, 3.05) is 31.6 Å². The summed E-state index contributed by atoms with van der Waals surface area (Å²) in [5.74, 6) is 2.43. The van der Waals surface area contributed by atoms with Gasteiger partial charge in [-0.2, -0.15) is 4.37 Å². The predicted molar refractivity (Wildman–Crippen MR) is 72.9 cm³/mol. The highest BCUT2D eigenvalue weighted by atomic mass is 32.1. The maximum absolute atomic E-state index is 4.59. The summed E-state index contributed by atoms with van der Waals surface area (Å²) in [4.78, 5) is 6.78. The lowest BCUT2D eigenvalue weighted by atomic mass is 10.2. The Morgan fingerprint density at radius 1 is 1.47 bits per heavy atom. The highest BCUT2D eigenvalue weighted by molar-refractivity contribution is 7.09. The van der Waals surface area contributed by atoms with Gasteiger partial charge in [-0.05, 0) is 25.3 Å². The number of hydrogen-bond acceptors (Lipinski definition) is 5. The Morgan fingerprint density at radius 3 is 2.88 bits per heavy atom. The average molecular weight is 254 g/mol. The van der Waals surface area contributed by atoms with Crippen LogP contribution >= 0.6 is 11.5 Å². The van der Waals surface area contributed by atoms with Crippen LogP contribution in [-0.2, 0) is 0 Å². The summed E-state index contributed by atoms with van der Waals surface area (Å²) < 4.78 is 4.42. The van der Waals surface area contributed by atoms with E-state index in [1.807, 2.05) is 0 Å². The summed E-state index contributed by atoms with van der Waals surface area (Å²) in [7, 11) is 2.09. The van der Waals surface area contributed by atoms with Gasteiger partial charge in [0, 0.05) is 37.6 Å². The van der Waals surface area contributed by atoms with Crippen LogP contribution in [0.5, 0.6) is 0 Å². The van der Waals surface area contributed by atoms with Gasteiger partial charge in [0.05, 0.1) is 0 Å². The van der Waals surface area contributed by atoms with Crippen molar-refractivity contribution < 1.29 is 0 Å². The molecule has 0 spiro atoms. The number of likely N-dealkylation sites (N-methyl/N-ethyl adjacent to an activating group) is 1. The van der Waals surface area contributed by atoms with E-state index in [9.17, 15) is 0 Å². The SMILES string of the molecule is CC(C)CNCCN(C)c1nc(C2CC2)ns1. The zero-order valence-electron chi connectivity index (χ0n) is 10.9. The van der Waals surface area contributed by atoms with Crippen molar-refractivity contribution in [1.29, 1.82) is 0 Å². The summed E-state index contributed by atoms with van der Waals surface area (Å²) in [6.07, 6.45) is 2.55.